The molecule has 2 unspecified atom stereocenters. The van der Waals surface area contributed by atoms with Crippen molar-refractivity contribution in [2.75, 3.05) is 51.8 Å². The molecule has 42 heavy (non-hydrogen) atoms. The van der Waals surface area contributed by atoms with Crippen LogP contribution in [0.2, 0.25) is 0 Å². The van der Waals surface area contributed by atoms with Crippen LogP contribution in [0.1, 0.15) is 49.4 Å². The van der Waals surface area contributed by atoms with Gasteiger partial charge >= 0.3 is 23.8 Å². The summed E-state index contributed by atoms with van der Waals surface area (Å²) in [6.07, 6.45) is 2.86. The number of esters is 1. The molecule has 3 aliphatic rings. The molecule has 2 aliphatic heterocycles. The first kappa shape index (κ1) is 29.5. The van der Waals surface area contributed by atoms with E-state index >= 15 is 0 Å². The lowest BCUT2D eigenvalue weighted by atomic mass is 9.67. The van der Waals surface area contributed by atoms with Crippen LogP contribution in [-0.4, -0.2) is 101 Å². The van der Waals surface area contributed by atoms with Crippen molar-refractivity contribution in [1.82, 2.24) is 19.8 Å². The number of ether oxygens (including phenoxy) is 2. The van der Waals surface area contributed by atoms with Crippen LogP contribution in [0.5, 0.6) is 6.01 Å². The van der Waals surface area contributed by atoms with Crippen molar-refractivity contribution in [3.05, 3.63) is 51.2 Å². The summed E-state index contributed by atoms with van der Waals surface area (Å²) in [6, 6.07) is 7.42. The summed E-state index contributed by atoms with van der Waals surface area (Å²) in [5.41, 5.74) is 0.412. The Hall–Kier alpha value is -4.00. The number of hydrogen-bond acceptors (Lipinski definition) is 10. The third-order valence-electron chi connectivity index (χ3n) is 8.97. The number of methoxy groups -OCH3 is 1. The fraction of sp³-hybridized carbons (Fsp3) is 0.586. The van der Waals surface area contributed by atoms with Crippen LogP contribution < -0.4 is 9.64 Å². The summed E-state index contributed by atoms with van der Waals surface area (Å²) in [6.45, 7) is 3.62. The van der Waals surface area contributed by atoms with Gasteiger partial charge in [0.25, 0.3) is 0 Å². The van der Waals surface area contributed by atoms with Gasteiger partial charge in [0, 0.05) is 38.1 Å². The third-order valence-corrected chi connectivity index (χ3v) is 8.97. The Morgan fingerprint density at radius 2 is 1.98 bits per heavy atom. The average molecular weight is 583 g/mol. The molecule has 0 saturated carbocycles. The Bertz CT molecular complexity index is 1360. The highest BCUT2D eigenvalue weighted by Crippen LogP contribution is 2.44. The molecule has 5 rings (SSSR count). The van der Waals surface area contributed by atoms with Gasteiger partial charge in [0.1, 0.15) is 12.3 Å². The zero-order valence-electron chi connectivity index (χ0n) is 24.3. The van der Waals surface area contributed by atoms with Crippen molar-refractivity contribution in [3.8, 4) is 6.01 Å². The topological polar surface area (TPSA) is 151 Å². The third kappa shape index (κ3) is 5.57. The van der Waals surface area contributed by atoms with E-state index in [9.17, 15) is 24.8 Å². The van der Waals surface area contributed by atoms with Gasteiger partial charge in [-0.1, -0.05) is 24.3 Å². The molecule has 3 heterocycles. The van der Waals surface area contributed by atoms with Crippen molar-refractivity contribution in [1.29, 1.82) is 0 Å². The molecule has 1 aromatic heterocycles. The summed E-state index contributed by atoms with van der Waals surface area (Å²) in [7, 11) is 3.36. The SMILES string of the molecule is COC(=O)C1(Cc2nc(OCC3CCCN3C)nc(N3CCN(C(=O)O)C[C@@H]3C)c2[N+](=O)[O-])CCCc2ccccc21. The lowest BCUT2D eigenvalue weighted by Crippen LogP contribution is -2.54. The smallest absolute Gasteiger partial charge is 0.407 e. The number of anilines is 1. The summed E-state index contributed by atoms with van der Waals surface area (Å²) in [5.74, 6) is -0.399. The van der Waals surface area contributed by atoms with Crippen LogP contribution in [0.4, 0.5) is 16.3 Å². The van der Waals surface area contributed by atoms with E-state index in [0.29, 0.717) is 19.4 Å². The first-order valence-corrected chi connectivity index (χ1v) is 14.4. The number of hydrogen-bond donors (Lipinski definition) is 1. The molecule has 2 aromatic rings. The van der Waals surface area contributed by atoms with E-state index in [1.54, 1.807) is 4.90 Å². The molecule has 0 radical (unpaired) electrons. The zero-order valence-corrected chi connectivity index (χ0v) is 24.3. The Morgan fingerprint density at radius 1 is 1.19 bits per heavy atom. The number of aryl methyl sites for hydroxylation is 1. The van der Waals surface area contributed by atoms with Crippen LogP contribution in [0.3, 0.4) is 0 Å². The first-order valence-electron chi connectivity index (χ1n) is 14.4. The Balaban J connectivity index is 1.61. The van der Waals surface area contributed by atoms with Gasteiger partial charge in [0.2, 0.25) is 5.82 Å². The van der Waals surface area contributed by atoms with Gasteiger partial charge in [-0.3, -0.25) is 14.9 Å². The number of carbonyl (C=O) groups is 2. The van der Waals surface area contributed by atoms with Gasteiger partial charge in [-0.05, 0) is 63.7 Å². The summed E-state index contributed by atoms with van der Waals surface area (Å²) >= 11 is 0. The van der Waals surface area contributed by atoms with Crippen LogP contribution in [0.15, 0.2) is 24.3 Å². The second-order valence-corrected chi connectivity index (χ2v) is 11.5. The van der Waals surface area contributed by atoms with E-state index in [-0.39, 0.29) is 55.3 Å². The number of likely N-dealkylation sites (tertiary alicyclic amines) is 1. The number of amides is 1. The molecule has 1 N–H and O–H groups in total. The first-order chi connectivity index (χ1) is 20.1. The number of nitrogens with zero attached hydrogens (tertiary/aromatic N) is 6. The van der Waals surface area contributed by atoms with E-state index in [2.05, 4.69) is 14.9 Å². The zero-order chi connectivity index (χ0) is 30.0. The lowest BCUT2D eigenvalue weighted by Gasteiger charge is -2.39. The molecule has 13 nitrogen and oxygen atoms in total. The van der Waals surface area contributed by atoms with Crippen LogP contribution in [0.25, 0.3) is 0 Å². The number of nitro groups is 1. The molecule has 2 fully saturated rings. The number of carboxylic acid groups (broad SMARTS) is 1. The van der Waals surface area contributed by atoms with E-state index in [0.717, 1.165) is 36.9 Å². The van der Waals surface area contributed by atoms with Crippen LogP contribution >= 0.6 is 0 Å². The van der Waals surface area contributed by atoms with E-state index in [1.165, 1.54) is 12.0 Å². The molecule has 1 aliphatic carbocycles. The predicted molar refractivity (Wildman–Crippen MR) is 153 cm³/mol. The number of piperazine rings is 1. The van der Waals surface area contributed by atoms with Gasteiger partial charge in [0.05, 0.1) is 17.4 Å². The predicted octanol–water partition coefficient (Wildman–Crippen LogP) is 3.04. The molecule has 0 spiro atoms. The van der Waals surface area contributed by atoms with Crippen LogP contribution in [-0.2, 0) is 27.8 Å². The summed E-state index contributed by atoms with van der Waals surface area (Å²) in [5, 5.41) is 22.3. The van der Waals surface area contributed by atoms with Crippen LogP contribution in [0, 0.1) is 10.1 Å². The molecule has 1 amide bonds. The molecule has 0 bridgehead atoms. The minimum atomic E-state index is -1.17. The minimum Gasteiger partial charge on any atom is -0.468 e. The van der Waals surface area contributed by atoms with E-state index < -0.39 is 28.4 Å². The number of rotatable bonds is 8. The van der Waals surface area contributed by atoms with Crippen molar-refractivity contribution < 1.29 is 29.1 Å². The van der Waals surface area contributed by atoms with Gasteiger partial charge in [0.15, 0.2) is 0 Å². The second kappa shape index (κ2) is 12.1. The highest BCUT2D eigenvalue weighted by atomic mass is 16.6. The molecular weight excluding hydrogens is 544 g/mol. The van der Waals surface area contributed by atoms with Gasteiger partial charge in [-0.15, -0.1) is 0 Å². The van der Waals surface area contributed by atoms with Gasteiger partial charge < -0.3 is 29.3 Å². The molecule has 3 atom stereocenters. The van der Waals surface area contributed by atoms with Crippen molar-refractivity contribution in [2.24, 2.45) is 0 Å². The normalized spacial score (nSPS) is 24.3. The maximum absolute atomic E-state index is 13.6. The Labute approximate surface area is 244 Å². The molecule has 1 aromatic carbocycles. The monoisotopic (exact) mass is 582 g/mol. The summed E-state index contributed by atoms with van der Waals surface area (Å²) in [4.78, 5) is 51.8. The standard InChI is InChI=1S/C29H38N6O7/c1-19-17-33(28(37)38)14-15-34(19)25-24(35(39)40)23(30-27(31-25)42-18-21-10-7-13-32(21)2)16-29(26(36)41-3)12-6-9-20-8-4-5-11-22(20)29/h4-5,8,11,19,21H,6-7,9-10,12-18H2,1-3H3,(H,37,38)/t19-,21?,29?/m0/s1. The fourth-order valence-electron chi connectivity index (χ4n) is 6.72. The van der Waals surface area contributed by atoms with E-state index in [4.69, 9.17) is 9.47 Å². The Morgan fingerprint density at radius 3 is 2.64 bits per heavy atom. The number of aromatic nitrogens is 2. The number of carbonyl (C=O) groups excluding carboxylic acids is 1. The minimum absolute atomic E-state index is 0.00266. The largest absolute Gasteiger partial charge is 0.468 e. The van der Waals surface area contributed by atoms with E-state index in [1.807, 2.05) is 38.2 Å². The maximum atomic E-state index is 13.6. The van der Waals surface area contributed by atoms with Gasteiger partial charge in [-0.2, -0.15) is 9.97 Å². The molecule has 226 valence electrons. The lowest BCUT2D eigenvalue weighted by molar-refractivity contribution is -0.385. The highest BCUT2D eigenvalue weighted by Gasteiger charge is 2.47. The average Bonchev–Trinajstić information content (AvgIpc) is 3.39. The van der Waals surface area contributed by atoms with Gasteiger partial charge in [-0.25, -0.2) is 4.79 Å². The fourth-order valence-corrected chi connectivity index (χ4v) is 6.72. The number of likely N-dealkylation sites (N-methyl/N-ethyl adjacent to an activating group) is 1. The van der Waals surface area contributed by atoms with Crippen molar-refractivity contribution in [3.63, 3.8) is 0 Å². The number of fused-ring (bicyclic) bond motifs is 1. The molecule has 13 heteroatoms. The maximum Gasteiger partial charge on any atom is 0.407 e. The second-order valence-electron chi connectivity index (χ2n) is 11.5. The summed E-state index contributed by atoms with van der Waals surface area (Å²) < 4.78 is 11.4. The quantitative estimate of drug-likeness (QED) is 0.278. The molecular formula is C29H38N6O7. The number of benzene rings is 1. The van der Waals surface area contributed by atoms with Crippen molar-refractivity contribution >= 4 is 23.6 Å². The highest BCUT2D eigenvalue weighted by molar-refractivity contribution is 5.85. The Kier molecular flexibility index (Phi) is 8.48. The molecule has 2 saturated heterocycles. The van der Waals surface area contributed by atoms with Crippen molar-refractivity contribution in [2.45, 2.75) is 62.9 Å².